The molecule has 1 aliphatic rings. The lowest BCUT2D eigenvalue weighted by Crippen LogP contribution is -2.26. The second-order valence-corrected chi connectivity index (χ2v) is 8.68. The molecule has 0 amide bonds. The Bertz CT molecular complexity index is 510. The van der Waals surface area contributed by atoms with E-state index in [9.17, 15) is 8.42 Å². The first-order chi connectivity index (χ1) is 7.91. The largest absolute Gasteiger partial charge is 0.310 e. The molecule has 96 valence electrons. The number of thiophene rings is 1. The summed E-state index contributed by atoms with van der Waals surface area (Å²) in [4.78, 5) is 0. The van der Waals surface area contributed by atoms with E-state index in [1.807, 2.05) is 0 Å². The smallest absolute Gasteiger partial charge is 0.247 e. The van der Waals surface area contributed by atoms with E-state index in [4.69, 9.17) is 5.14 Å². The predicted octanol–water partition coefficient (Wildman–Crippen LogP) is 1.93. The number of hydrogen-bond acceptors (Lipinski definition) is 5. The number of hydrogen-bond donors (Lipinski definition) is 2. The summed E-state index contributed by atoms with van der Waals surface area (Å²) in [7, 11) is -3.58. The minimum Gasteiger partial charge on any atom is -0.310 e. The van der Waals surface area contributed by atoms with E-state index in [1.165, 1.54) is 11.3 Å². The molecule has 0 saturated heterocycles. The summed E-state index contributed by atoms with van der Waals surface area (Å²) in [6, 6.07) is 1.97. The molecule has 1 aromatic rings. The fourth-order valence-electron chi connectivity index (χ4n) is 1.97. The Kier molecular flexibility index (Phi) is 3.84. The van der Waals surface area contributed by atoms with Crippen molar-refractivity contribution in [3.05, 3.63) is 11.6 Å². The molecule has 17 heavy (non-hydrogen) atoms. The summed E-state index contributed by atoms with van der Waals surface area (Å²) in [5.74, 6) is 0. The lowest BCUT2D eigenvalue weighted by Gasteiger charge is -2.27. The van der Waals surface area contributed by atoms with Crippen molar-refractivity contribution in [3.8, 4) is 0 Å². The van der Waals surface area contributed by atoms with Crippen molar-refractivity contribution >= 4 is 33.1 Å². The highest BCUT2D eigenvalue weighted by Crippen LogP contribution is 2.46. The maximum Gasteiger partial charge on any atom is 0.247 e. The molecule has 3 N–H and O–H groups in total. The fourth-order valence-corrected chi connectivity index (χ4v) is 5.77. The van der Waals surface area contributed by atoms with Crippen molar-refractivity contribution in [2.24, 2.45) is 5.14 Å². The monoisotopic (exact) mass is 292 g/mol. The topological polar surface area (TPSA) is 72.2 Å². The number of thioether (sulfide) groups is 1. The van der Waals surface area contributed by atoms with Gasteiger partial charge in [-0.3, -0.25) is 0 Å². The van der Waals surface area contributed by atoms with Gasteiger partial charge in [0.2, 0.25) is 10.0 Å². The Morgan fingerprint density at radius 3 is 2.88 bits per heavy atom. The average molecular weight is 292 g/mol. The van der Waals surface area contributed by atoms with Gasteiger partial charge in [0, 0.05) is 11.3 Å². The maximum atomic E-state index is 11.4. The van der Waals surface area contributed by atoms with Gasteiger partial charge in [-0.2, -0.15) is 0 Å². The van der Waals surface area contributed by atoms with Crippen molar-refractivity contribution in [1.82, 2.24) is 5.32 Å². The Morgan fingerprint density at radius 2 is 2.29 bits per heavy atom. The second kappa shape index (κ2) is 4.89. The highest BCUT2D eigenvalue weighted by atomic mass is 32.3. The van der Waals surface area contributed by atoms with Gasteiger partial charge in [0.05, 0.1) is 4.21 Å². The molecule has 0 saturated carbocycles. The first kappa shape index (κ1) is 13.4. The summed E-state index contributed by atoms with van der Waals surface area (Å²) in [6.07, 6.45) is 1.02. The van der Waals surface area contributed by atoms with Crippen LogP contribution in [0.25, 0.3) is 0 Å². The highest BCUT2D eigenvalue weighted by molar-refractivity contribution is 8.02. The van der Waals surface area contributed by atoms with E-state index in [0.717, 1.165) is 22.7 Å². The first-order valence-corrected chi connectivity index (χ1v) is 8.72. The lowest BCUT2D eigenvalue weighted by molar-refractivity contribution is 0.503. The van der Waals surface area contributed by atoms with Gasteiger partial charge in [-0.25, -0.2) is 13.6 Å². The van der Waals surface area contributed by atoms with Gasteiger partial charge < -0.3 is 5.32 Å². The van der Waals surface area contributed by atoms with Crippen LogP contribution in [-0.4, -0.2) is 20.2 Å². The first-order valence-electron chi connectivity index (χ1n) is 5.48. The summed E-state index contributed by atoms with van der Waals surface area (Å²) < 4.78 is 24.1. The van der Waals surface area contributed by atoms with E-state index >= 15 is 0 Å². The maximum absolute atomic E-state index is 11.4. The zero-order valence-corrected chi connectivity index (χ0v) is 12.2. The number of fused-ring (bicyclic) bond motifs is 1. The van der Waals surface area contributed by atoms with Gasteiger partial charge in [-0.05, 0) is 24.6 Å². The van der Waals surface area contributed by atoms with E-state index in [-0.39, 0.29) is 10.3 Å². The fraction of sp³-hybridized carbons (Fsp3) is 0.600. The SMILES string of the molecule is CCNC1CC(C)Sc2sc(S(N)(=O)=O)cc21. The third kappa shape index (κ3) is 2.85. The van der Waals surface area contributed by atoms with E-state index in [0.29, 0.717) is 5.25 Å². The minimum absolute atomic E-state index is 0.248. The second-order valence-electron chi connectivity index (χ2n) is 4.13. The van der Waals surface area contributed by atoms with Crippen LogP contribution in [0.3, 0.4) is 0 Å². The van der Waals surface area contributed by atoms with Crippen molar-refractivity contribution in [1.29, 1.82) is 0 Å². The van der Waals surface area contributed by atoms with Crippen LogP contribution in [-0.2, 0) is 10.0 Å². The van der Waals surface area contributed by atoms with Crippen molar-refractivity contribution < 1.29 is 8.42 Å². The molecule has 0 spiro atoms. The molecule has 1 aliphatic heterocycles. The molecule has 2 rings (SSSR count). The standard InChI is InChI=1S/C10H16N2O2S3/c1-3-12-8-4-6(2)15-10-7(8)5-9(16-10)17(11,13)14/h5-6,8,12H,3-4H2,1-2H3,(H2,11,13,14). The van der Waals surface area contributed by atoms with E-state index in [1.54, 1.807) is 17.8 Å². The van der Waals surface area contributed by atoms with Gasteiger partial charge in [0.15, 0.2) is 0 Å². The normalized spacial score (nSPS) is 24.6. The summed E-state index contributed by atoms with van der Waals surface area (Å²) in [5.41, 5.74) is 1.09. The molecular weight excluding hydrogens is 276 g/mol. The van der Waals surface area contributed by atoms with Crippen LogP contribution < -0.4 is 10.5 Å². The zero-order valence-electron chi connectivity index (χ0n) is 9.76. The molecule has 4 nitrogen and oxygen atoms in total. The number of primary sulfonamides is 1. The summed E-state index contributed by atoms with van der Waals surface area (Å²) >= 11 is 3.02. The van der Waals surface area contributed by atoms with Gasteiger partial charge in [-0.15, -0.1) is 23.1 Å². The summed E-state index contributed by atoms with van der Waals surface area (Å²) in [5, 5.41) is 9.07. The third-order valence-electron chi connectivity index (χ3n) is 2.68. The van der Waals surface area contributed by atoms with E-state index < -0.39 is 10.0 Å². The molecule has 7 heteroatoms. The summed E-state index contributed by atoms with van der Waals surface area (Å²) in [6.45, 7) is 5.09. The molecular formula is C10H16N2O2S3. The molecule has 2 unspecified atom stereocenters. The van der Waals surface area contributed by atoms with Crippen molar-refractivity contribution in [2.45, 2.75) is 40.0 Å². The third-order valence-corrected chi connectivity index (χ3v) is 6.63. The average Bonchev–Trinajstić information content (AvgIpc) is 2.61. The van der Waals surface area contributed by atoms with Gasteiger partial charge in [-0.1, -0.05) is 13.8 Å². The van der Waals surface area contributed by atoms with Crippen LogP contribution in [0.5, 0.6) is 0 Å². The van der Waals surface area contributed by atoms with Gasteiger partial charge in [0.1, 0.15) is 4.21 Å². The molecule has 1 aromatic heterocycles. The Morgan fingerprint density at radius 1 is 1.59 bits per heavy atom. The number of sulfonamides is 1. The van der Waals surface area contributed by atoms with Crippen LogP contribution in [0, 0.1) is 0 Å². The number of nitrogens with two attached hydrogens (primary N) is 1. The van der Waals surface area contributed by atoms with Crippen LogP contribution >= 0.6 is 23.1 Å². The van der Waals surface area contributed by atoms with Crippen LogP contribution in [0.2, 0.25) is 0 Å². The van der Waals surface area contributed by atoms with Gasteiger partial charge >= 0.3 is 0 Å². The minimum atomic E-state index is -3.58. The highest BCUT2D eigenvalue weighted by Gasteiger charge is 2.29. The van der Waals surface area contributed by atoms with Crippen molar-refractivity contribution in [2.75, 3.05) is 6.54 Å². The lowest BCUT2D eigenvalue weighted by atomic mass is 10.1. The van der Waals surface area contributed by atoms with Crippen LogP contribution in [0.15, 0.2) is 14.5 Å². The Balaban J connectivity index is 2.41. The molecule has 0 aliphatic carbocycles. The molecule has 2 heterocycles. The molecule has 0 radical (unpaired) electrons. The quantitative estimate of drug-likeness (QED) is 0.893. The molecule has 2 atom stereocenters. The van der Waals surface area contributed by atoms with E-state index in [2.05, 4.69) is 19.2 Å². The zero-order chi connectivity index (χ0) is 12.6. The van der Waals surface area contributed by atoms with Crippen LogP contribution in [0.4, 0.5) is 0 Å². The van der Waals surface area contributed by atoms with Crippen molar-refractivity contribution in [3.63, 3.8) is 0 Å². The molecule has 0 fully saturated rings. The molecule has 0 bridgehead atoms. The predicted molar refractivity (Wildman–Crippen MR) is 72.0 cm³/mol. The number of nitrogens with one attached hydrogen (secondary N) is 1. The molecule has 0 aromatic carbocycles. The van der Waals surface area contributed by atoms with Gasteiger partial charge in [0.25, 0.3) is 0 Å². The Hall–Kier alpha value is -0.0800. The van der Waals surface area contributed by atoms with Crippen LogP contribution in [0.1, 0.15) is 31.9 Å². The number of rotatable bonds is 3. The Labute approximate surface area is 110 Å².